The van der Waals surface area contributed by atoms with Gasteiger partial charge in [0.25, 0.3) is 0 Å². The van der Waals surface area contributed by atoms with Crippen LogP contribution in [0.25, 0.3) is 0 Å². The molecule has 2 aromatic rings. The molecule has 0 aromatic heterocycles. The van der Waals surface area contributed by atoms with Crippen LogP contribution < -0.4 is 0 Å². The molecule has 2 atom stereocenters. The SMILES string of the molecule is Cc1ccc(F)c(C2(O)CCC(C)c3ccccc32)c1. The van der Waals surface area contributed by atoms with E-state index in [9.17, 15) is 9.50 Å². The second-order valence-corrected chi connectivity index (χ2v) is 5.87. The molecule has 1 nitrogen and oxygen atoms in total. The van der Waals surface area contributed by atoms with Crippen molar-refractivity contribution in [1.82, 2.24) is 0 Å². The third-order valence-electron chi connectivity index (χ3n) is 4.44. The van der Waals surface area contributed by atoms with Crippen LogP contribution in [0.1, 0.15) is 47.9 Å². The first-order valence-corrected chi connectivity index (χ1v) is 7.11. The van der Waals surface area contributed by atoms with Crippen LogP contribution in [-0.4, -0.2) is 5.11 Å². The molecular formula is C18H19FO. The minimum absolute atomic E-state index is 0.331. The molecule has 0 saturated heterocycles. The lowest BCUT2D eigenvalue weighted by molar-refractivity contribution is 0.0542. The van der Waals surface area contributed by atoms with Gasteiger partial charge in [-0.25, -0.2) is 4.39 Å². The smallest absolute Gasteiger partial charge is 0.129 e. The topological polar surface area (TPSA) is 20.2 Å². The molecule has 0 radical (unpaired) electrons. The van der Waals surface area contributed by atoms with E-state index in [0.717, 1.165) is 23.1 Å². The molecule has 0 fully saturated rings. The number of fused-ring (bicyclic) bond motifs is 1. The van der Waals surface area contributed by atoms with Crippen LogP contribution in [0.15, 0.2) is 42.5 Å². The van der Waals surface area contributed by atoms with Crippen molar-refractivity contribution < 1.29 is 9.50 Å². The number of hydrogen-bond donors (Lipinski definition) is 1. The molecule has 2 heteroatoms. The van der Waals surface area contributed by atoms with Gasteiger partial charge >= 0.3 is 0 Å². The van der Waals surface area contributed by atoms with Crippen molar-refractivity contribution in [2.45, 2.75) is 38.2 Å². The predicted molar refractivity (Wildman–Crippen MR) is 78.2 cm³/mol. The average Bonchev–Trinajstić information content (AvgIpc) is 2.46. The van der Waals surface area contributed by atoms with Crippen molar-refractivity contribution in [1.29, 1.82) is 0 Å². The summed E-state index contributed by atoms with van der Waals surface area (Å²) >= 11 is 0. The fourth-order valence-corrected chi connectivity index (χ4v) is 3.25. The Bertz CT molecular complexity index is 650. The monoisotopic (exact) mass is 270 g/mol. The van der Waals surface area contributed by atoms with Crippen LogP contribution in [-0.2, 0) is 5.60 Å². The maximum atomic E-state index is 14.2. The van der Waals surface area contributed by atoms with Crippen molar-refractivity contribution in [3.05, 3.63) is 70.5 Å². The standard InChI is InChI=1S/C18H19FO/c1-12-7-8-17(19)16(11-12)18(20)10-9-13(2)14-5-3-4-6-15(14)18/h3-8,11,13,20H,9-10H2,1-2H3. The number of hydrogen-bond acceptors (Lipinski definition) is 1. The highest BCUT2D eigenvalue weighted by atomic mass is 19.1. The summed E-state index contributed by atoms with van der Waals surface area (Å²) in [5, 5.41) is 11.2. The first-order chi connectivity index (χ1) is 9.52. The average molecular weight is 270 g/mol. The summed E-state index contributed by atoms with van der Waals surface area (Å²) in [5.41, 5.74) is 2.13. The molecule has 1 aliphatic rings. The summed E-state index contributed by atoms with van der Waals surface area (Å²) in [5.74, 6) is 0.0711. The summed E-state index contributed by atoms with van der Waals surface area (Å²) in [6.07, 6.45) is 1.42. The normalized spacial score (nSPS) is 25.3. The molecule has 0 amide bonds. The van der Waals surface area contributed by atoms with E-state index < -0.39 is 5.60 Å². The Morgan fingerprint density at radius 3 is 2.70 bits per heavy atom. The Morgan fingerprint density at radius 2 is 1.90 bits per heavy atom. The van der Waals surface area contributed by atoms with Crippen LogP contribution in [0, 0.1) is 12.7 Å². The van der Waals surface area contributed by atoms with Gasteiger partial charge in [-0.2, -0.15) is 0 Å². The molecule has 3 rings (SSSR count). The number of halogens is 1. The molecule has 0 aliphatic heterocycles. The molecular weight excluding hydrogens is 251 g/mol. The number of benzene rings is 2. The molecule has 0 saturated carbocycles. The van der Waals surface area contributed by atoms with Crippen LogP contribution in [0.5, 0.6) is 0 Å². The molecule has 0 bridgehead atoms. The molecule has 104 valence electrons. The Labute approximate surface area is 119 Å². The third kappa shape index (κ3) is 1.95. The van der Waals surface area contributed by atoms with Crippen LogP contribution in [0.4, 0.5) is 4.39 Å². The third-order valence-corrected chi connectivity index (χ3v) is 4.44. The van der Waals surface area contributed by atoms with Gasteiger partial charge in [-0.05, 0) is 48.9 Å². The van der Waals surface area contributed by atoms with Gasteiger partial charge in [-0.3, -0.25) is 0 Å². The number of aryl methyl sites for hydroxylation is 1. The lowest BCUT2D eigenvalue weighted by atomic mass is 9.71. The van der Waals surface area contributed by atoms with Gasteiger partial charge in [-0.1, -0.05) is 42.8 Å². The first kappa shape index (κ1) is 13.3. The van der Waals surface area contributed by atoms with Gasteiger partial charge < -0.3 is 5.11 Å². The van der Waals surface area contributed by atoms with E-state index in [2.05, 4.69) is 6.92 Å². The molecule has 1 aliphatic carbocycles. The highest BCUT2D eigenvalue weighted by Gasteiger charge is 2.39. The lowest BCUT2D eigenvalue weighted by Crippen LogP contribution is -2.34. The summed E-state index contributed by atoms with van der Waals surface area (Å²) in [6.45, 7) is 4.08. The van der Waals surface area contributed by atoms with Gasteiger partial charge in [0.2, 0.25) is 0 Å². The number of aliphatic hydroxyl groups is 1. The fraction of sp³-hybridized carbons (Fsp3) is 0.333. The highest BCUT2D eigenvalue weighted by Crippen LogP contribution is 2.45. The predicted octanol–water partition coefficient (Wildman–Crippen LogP) is 4.27. The van der Waals surface area contributed by atoms with Crippen LogP contribution in [0.3, 0.4) is 0 Å². The lowest BCUT2D eigenvalue weighted by Gasteiger charge is -2.38. The van der Waals surface area contributed by atoms with E-state index in [1.165, 1.54) is 6.07 Å². The Balaban J connectivity index is 2.22. The van der Waals surface area contributed by atoms with Crippen molar-refractivity contribution in [2.75, 3.05) is 0 Å². The van der Waals surface area contributed by atoms with Crippen molar-refractivity contribution in [2.24, 2.45) is 0 Å². The maximum Gasteiger partial charge on any atom is 0.129 e. The van der Waals surface area contributed by atoms with Gasteiger partial charge in [0.05, 0.1) is 0 Å². The molecule has 20 heavy (non-hydrogen) atoms. The summed E-state index contributed by atoms with van der Waals surface area (Å²) < 4.78 is 14.2. The molecule has 0 heterocycles. The van der Waals surface area contributed by atoms with E-state index in [1.807, 2.05) is 31.2 Å². The first-order valence-electron chi connectivity index (χ1n) is 7.11. The largest absolute Gasteiger partial charge is 0.380 e. The van der Waals surface area contributed by atoms with Crippen molar-refractivity contribution >= 4 is 0 Å². The van der Waals surface area contributed by atoms with Gasteiger partial charge in [0, 0.05) is 5.56 Å². The number of rotatable bonds is 1. The van der Waals surface area contributed by atoms with Gasteiger partial charge in [0.1, 0.15) is 11.4 Å². The summed E-state index contributed by atoms with van der Waals surface area (Å²) in [7, 11) is 0. The minimum Gasteiger partial charge on any atom is -0.380 e. The molecule has 1 N–H and O–H groups in total. The van der Waals surface area contributed by atoms with Crippen LogP contribution in [0.2, 0.25) is 0 Å². The van der Waals surface area contributed by atoms with Gasteiger partial charge in [-0.15, -0.1) is 0 Å². The van der Waals surface area contributed by atoms with Crippen molar-refractivity contribution in [3.63, 3.8) is 0 Å². The second-order valence-electron chi connectivity index (χ2n) is 5.87. The quantitative estimate of drug-likeness (QED) is 0.820. The van der Waals surface area contributed by atoms with E-state index in [0.29, 0.717) is 17.9 Å². The van der Waals surface area contributed by atoms with E-state index in [1.54, 1.807) is 12.1 Å². The maximum absolute atomic E-state index is 14.2. The zero-order valence-corrected chi connectivity index (χ0v) is 11.9. The van der Waals surface area contributed by atoms with E-state index in [4.69, 9.17) is 0 Å². The summed E-state index contributed by atoms with van der Waals surface area (Å²) in [6, 6.07) is 12.8. The Kier molecular flexibility index (Phi) is 3.14. The Hall–Kier alpha value is -1.67. The van der Waals surface area contributed by atoms with Crippen molar-refractivity contribution in [3.8, 4) is 0 Å². The summed E-state index contributed by atoms with van der Waals surface area (Å²) in [4.78, 5) is 0. The van der Waals surface area contributed by atoms with E-state index >= 15 is 0 Å². The molecule has 0 spiro atoms. The zero-order valence-electron chi connectivity index (χ0n) is 11.9. The molecule has 2 aromatic carbocycles. The highest BCUT2D eigenvalue weighted by molar-refractivity contribution is 5.45. The van der Waals surface area contributed by atoms with Gasteiger partial charge in [0.15, 0.2) is 0 Å². The van der Waals surface area contributed by atoms with Crippen LogP contribution >= 0.6 is 0 Å². The fourth-order valence-electron chi connectivity index (χ4n) is 3.25. The Morgan fingerprint density at radius 1 is 1.15 bits per heavy atom. The minimum atomic E-state index is -1.21. The zero-order chi connectivity index (χ0) is 14.3. The van der Waals surface area contributed by atoms with E-state index in [-0.39, 0.29) is 5.82 Å². The second kappa shape index (κ2) is 4.71. The molecule has 2 unspecified atom stereocenters.